The van der Waals surface area contributed by atoms with E-state index in [-0.39, 0.29) is 23.4 Å². The molecule has 0 unspecified atom stereocenters. The maximum atomic E-state index is 14.0. The van der Waals surface area contributed by atoms with Crippen molar-refractivity contribution in [3.63, 3.8) is 0 Å². The predicted molar refractivity (Wildman–Crippen MR) is 166 cm³/mol. The standard InChI is InChI=1S/C32H39N3O4S2/c1-24-13-15-28(16-14-24)35(41(38,39)30-19-17-29(40-3)18-20-30)23-31(36)34(22-21-26-9-5-4-6-10-26)25(2)32(37)33-27-11-7-8-12-27/h4-6,9-10,13-20,25,27H,7-8,11-12,21-23H2,1-3H3,(H,33,37)/t25-/m0/s1. The fraction of sp³-hybridized carbons (Fsp3) is 0.375. The topological polar surface area (TPSA) is 86.8 Å². The molecular formula is C32H39N3O4S2. The monoisotopic (exact) mass is 593 g/mol. The van der Waals surface area contributed by atoms with Gasteiger partial charge in [0.05, 0.1) is 10.6 Å². The lowest BCUT2D eigenvalue weighted by atomic mass is 10.1. The van der Waals surface area contributed by atoms with E-state index in [9.17, 15) is 18.0 Å². The number of sulfonamides is 1. The average Bonchev–Trinajstić information content (AvgIpc) is 3.50. The fourth-order valence-corrected chi connectivity index (χ4v) is 6.90. The highest BCUT2D eigenvalue weighted by Gasteiger charge is 2.33. The molecule has 7 nitrogen and oxygen atoms in total. The van der Waals surface area contributed by atoms with Crippen molar-refractivity contribution < 1.29 is 18.0 Å². The summed E-state index contributed by atoms with van der Waals surface area (Å²) in [7, 11) is -4.08. The molecule has 218 valence electrons. The van der Waals surface area contributed by atoms with Crippen LogP contribution in [0.3, 0.4) is 0 Å². The molecule has 3 aromatic carbocycles. The molecule has 1 aliphatic rings. The van der Waals surface area contributed by atoms with E-state index in [1.54, 1.807) is 43.3 Å². The number of rotatable bonds is 12. The molecule has 2 amide bonds. The minimum absolute atomic E-state index is 0.103. The molecule has 1 saturated carbocycles. The van der Waals surface area contributed by atoms with E-state index in [4.69, 9.17) is 0 Å². The maximum Gasteiger partial charge on any atom is 0.264 e. The predicted octanol–water partition coefficient (Wildman–Crippen LogP) is 5.43. The van der Waals surface area contributed by atoms with Crippen molar-refractivity contribution in [3.05, 3.63) is 90.0 Å². The molecule has 0 heterocycles. The Balaban J connectivity index is 1.64. The van der Waals surface area contributed by atoms with E-state index >= 15 is 0 Å². The van der Waals surface area contributed by atoms with Gasteiger partial charge in [-0.25, -0.2) is 8.42 Å². The van der Waals surface area contributed by atoms with E-state index in [1.807, 2.05) is 55.6 Å². The van der Waals surface area contributed by atoms with Crippen LogP contribution < -0.4 is 9.62 Å². The van der Waals surface area contributed by atoms with E-state index in [1.165, 1.54) is 16.7 Å². The Morgan fingerprint density at radius 3 is 2.20 bits per heavy atom. The van der Waals surface area contributed by atoms with Crippen molar-refractivity contribution in [1.29, 1.82) is 0 Å². The van der Waals surface area contributed by atoms with Gasteiger partial charge in [0.1, 0.15) is 12.6 Å². The summed E-state index contributed by atoms with van der Waals surface area (Å²) < 4.78 is 29.1. The van der Waals surface area contributed by atoms with Crippen molar-refractivity contribution >= 4 is 39.3 Å². The van der Waals surface area contributed by atoms with Gasteiger partial charge in [0.2, 0.25) is 11.8 Å². The zero-order chi connectivity index (χ0) is 29.4. The number of carbonyl (C=O) groups excluding carboxylic acids is 2. The minimum atomic E-state index is -4.08. The Hall–Kier alpha value is -3.30. The summed E-state index contributed by atoms with van der Waals surface area (Å²) in [5.74, 6) is -0.643. The Bertz CT molecular complexity index is 1410. The summed E-state index contributed by atoms with van der Waals surface area (Å²) in [6.07, 6.45) is 6.50. The molecule has 3 aromatic rings. The van der Waals surface area contributed by atoms with Crippen LogP contribution in [-0.4, -0.2) is 56.6 Å². The lowest BCUT2D eigenvalue weighted by molar-refractivity contribution is -0.139. The van der Waals surface area contributed by atoms with Crippen LogP contribution in [0.1, 0.15) is 43.7 Å². The van der Waals surface area contributed by atoms with Crippen molar-refractivity contribution in [3.8, 4) is 0 Å². The van der Waals surface area contributed by atoms with Gasteiger partial charge < -0.3 is 10.2 Å². The number of nitrogens with zero attached hydrogens (tertiary/aromatic N) is 2. The Kier molecular flexibility index (Phi) is 10.5. The van der Waals surface area contributed by atoms with E-state index < -0.39 is 28.5 Å². The second-order valence-electron chi connectivity index (χ2n) is 10.5. The van der Waals surface area contributed by atoms with Crippen LogP contribution in [0.2, 0.25) is 0 Å². The van der Waals surface area contributed by atoms with Gasteiger partial charge in [-0.1, -0.05) is 60.9 Å². The first kappa shape index (κ1) is 30.7. The van der Waals surface area contributed by atoms with Crippen LogP contribution in [0.4, 0.5) is 5.69 Å². The highest BCUT2D eigenvalue weighted by molar-refractivity contribution is 7.98. The number of anilines is 1. The van der Waals surface area contributed by atoms with Crippen LogP contribution in [-0.2, 0) is 26.0 Å². The normalized spacial score (nSPS) is 14.4. The SMILES string of the molecule is CSc1ccc(S(=O)(=O)N(CC(=O)N(CCc2ccccc2)[C@@H](C)C(=O)NC2CCCC2)c2ccc(C)cc2)cc1. The summed E-state index contributed by atoms with van der Waals surface area (Å²) >= 11 is 1.52. The third-order valence-electron chi connectivity index (χ3n) is 7.60. The summed E-state index contributed by atoms with van der Waals surface area (Å²) in [6.45, 7) is 3.50. The van der Waals surface area contributed by atoms with Gasteiger partial charge in [-0.05, 0) is 81.3 Å². The number of hydrogen-bond donors (Lipinski definition) is 1. The van der Waals surface area contributed by atoms with Gasteiger partial charge in [-0.15, -0.1) is 11.8 Å². The van der Waals surface area contributed by atoms with Gasteiger partial charge in [0, 0.05) is 17.5 Å². The molecule has 0 spiro atoms. The van der Waals surface area contributed by atoms with Gasteiger partial charge in [-0.3, -0.25) is 13.9 Å². The molecule has 1 aliphatic carbocycles. The smallest absolute Gasteiger partial charge is 0.264 e. The third kappa shape index (κ3) is 7.92. The minimum Gasteiger partial charge on any atom is -0.352 e. The number of carbonyl (C=O) groups is 2. The highest BCUT2D eigenvalue weighted by atomic mass is 32.2. The maximum absolute atomic E-state index is 14.0. The third-order valence-corrected chi connectivity index (χ3v) is 10.1. The quantitative estimate of drug-likeness (QED) is 0.283. The lowest BCUT2D eigenvalue weighted by Crippen LogP contribution is -2.53. The second-order valence-corrected chi connectivity index (χ2v) is 13.3. The fourth-order valence-electron chi connectivity index (χ4n) is 5.08. The molecule has 0 radical (unpaired) electrons. The summed E-state index contributed by atoms with van der Waals surface area (Å²) in [5, 5.41) is 3.10. The van der Waals surface area contributed by atoms with Crippen LogP contribution in [0, 0.1) is 6.92 Å². The highest BCUT2D eigenvalue weighted by Crippen LogP contribution is 2.26. The first-order valence-electron chi connectivity index (χ1n) is 14.1. The zero-order valence-electron chi connectivity index (χ0n) is 24.0. The Morgan fingerprint density at radius 1 is 0.951 bits per heavy atom. The molecule has 0 aliphatic heterocycles. The van der Waals surface area contributed by atoms with Crippen LogP contribution >= 0.6 is 11.8 Å². The van der Waals surface area contributed by atoms with Crippen molar-refractivity contribution in [1.82, 2.24) is 10.2 Å². The first-order valence-corrected chi connectivity index (χ1v) is 16.7. The number of nitrogens with one attached hydrogen (secondary N) is 1. The summed E-state index contributed by atoms with van der Waals surface area (Å²) in [4.78, 5) is 29.9. The van der Waals surface area contributed by atoms with Crippen LogP contribution in [0.25, 0.3) is 0 Å². The molecule has 9 heteroatoms. The molecule has 4 rings (SSSR count). The van der Waals surface area contributed by atoms with Gasteiger partial charge in [0.25, 0.3) is 10.0 Å². The molecule has 41 heavy (non-hydrogen) atoms. The van der Waals surface area contributed by atoms with Gasteiger partial charge >= 0.3 is 0 Å². The number of thioether (sulfide) groups is 1. The number of hydrogen-bond acceptors (Lipinski definition) is 5. The first-order chi connectivity index (χ1) is 19.7. The molecule has 0 bridgehead atoms. The van der Waals surface area contributed by atoms with Crippen molar-refractivity contribution in [2.45, 2.75) is 67.8 Å². The lowest BCUT2D eigenvalue weighted by Gasteiger charge is -2.32. The van der Waals surface area contributed by atoms with Crippen molar-refractivity contribution in [2.75, 3.05) is 23.7 Å². The van der Waals surface area contributed by atoms with E-state index in [0.717, 1.165) is 46.0 Å². The zero-order valence-corrected chi connectivity index (χ0v) is 25.6. The molecule has 0 aromatic heterocycles. The van der Waals surface area contributed by atoms with Gasteiger partial charge in [-0.2, -0.15) is 0 Å². The molecule has 0 saturated heterocycles. The average molecular weight is 594 g/mol. The largest absolute Gasteiger partial charge is 0.352 e. The number of aryl methyl sites for hydroxylation is 1. The molecule has 1 fully saturated rings. The van der Waals surface area contributed by atoms with Crippen LogP contribution in [0.15, 0.2) is 88.7 Å². The summed E-state index contributed by atoms with van der Waals surface area (Å²) in [6, 6.07) is 22.8. The molecular weight excluding hydrogens is 555 g/mol. The second kappa shape index (κ2) is 14.0. The molecule has 1 atom stereocenters. The number of amides is 2. The van der Waals surface area contributed by atoms with E-state index in [2.05, 4.69) is 5.32 Å². The van der Waals surface area contributed by atoms with Crippen molar-refractivity contribution in [2.24, 2.45) is 0 Å². The molecule has 1 N–H and O–H groups in total. The van der Waals surface area contributed by atoms with Gasteiger partial charge in [0.15, 0.2) is 0 Å². The summed E-state index contributed by atoms with van der Waals surface area (Å²) in [5.41, 5.74) is 2.40. The Morgan fingerprint density at radius 2 is 1.59 bits per heavy atom. The number of benzene rings is 3. The van der Waals surface area contributed by atoms with Crippen LogP contribution in [0.5, 0.6) is 0 Å². The Labute approximate surface area is 248 Å². The van der Waals surface area contributed by atoms with E-state index in [0.29, 0.717) is 12.1 Å².